The Hall–Kier alpha value is -0.260. The average molecular weight is 178 g/mol. The van der Waals surface area contributed by atoms with Gasteiger partial charge in [0.15, 0.2) is 0 Å². The molecule has 0 aliphatic heterocycles. The summed E-state index contributed by atoms with van der Waals surface area (Å²) in [5, 5.41) is 0. The molecule has 0 amide bonds. The second-order valence-corrected chi connectivity index (χ2v) is 4.85. The Balaban J connectivity index is 1.75. The highest BCUT2D eigenvalue weighted by atomic mass is 14.4. The summed E-state index contributed by atoms with van der Waals surface area (Å²) in [7, 11) is 0. The number of rotatable bonds is 4. The quantitative estimate of drug-likeness (QED) is 0.444. The minimum absolute atomic E-state index is 1.02. The van der Waals surface area contributed by atoms with Crippen LogP contribution < -0.4 is 0 Å². The van der Waals surface area contributed by atoms with Gasteiger partial charge in [-0.25, -0.2) is 0 Å². The molecule has 0 heterocycles. The van der Waals surface area contributed by atoms with E-state index in [-0.39, 0.29) is 0 Å². The minimum atomic E-state index is 1.02. The molecule has 0 aromatic carbocycles. The van der Waals surface area contributed by atoms with Gasteiger partial charge in [0.05, 0.1) is 0 Å². The van der Waals surface area contributed by atoms with E-state index in [1.807, 2.05) is 5.57 Å². The van der Waals surface area contributed by atoms with Crippen molar-refractivity contribution in [3.63, 3.8) is 0 Å². The highest BCUT2D eigenvalue weighted by Crippen LogP contribution is 2.47. The van der Waals surface area contributed by atoms with E-state index >= 15 is 0 Å². The van der Waals surface area contributed by atoms with Gasteiger partial charge in [0, 0.05) is 0 Å². The van der Waals surface area contributed by atoms with Gasteiger partial charge < -0.3 is 0 Å². The van der Waals surface area contributed by atoms with Gasteiger partial charge in [-0.1, -0.05) is 31.4 Å². The summed E-state index contributed by atoms with van der Waals surface area (Å²) in [5.41, 5.74) is 1.83. The monoisotopic (exact) mass is 178 g/mol. The van der Waals surface area contributed by atoms with Crippen LogP contribution in [-0.4, -0.2) is 0 Å². The Morgan fingerprint density at radius 1 is 1.31 bits per heavy atom. The van der Waals surface area contributed by atoms with Crippen molar-refractivity contribution in [2.75, 3.05) is 0 Å². The lowest BCUT2D eigenvalue weighted by Gasteiger charge is -2.12. The molecular weight excluding hydrogens is 156 g/mol. The van der Waals surface area contributed by atoms with Crippen LogP contribution in [0, 0.1) is 11.8 Å². The molecule has 0 nitrogen and oxygen atoms in total. The van der Waals surface area contributed by atoms with Crippen molar-refractivity contribution in [3.8, 4) is 0 Å². The van der Waals surface area contributed by atoms with Gasteiger partial charge >= 0.3 is 0 Å². The van der Waals surface area contributed by atoms with Crippen LogP contribution in [0.2, 0.25) is 0 Å². The molecule has 0 aromatic rings. The second-order valence-electron chi connectivity index (χ2n) is 4.85. The smallest absolute Gasteiger partial charge is 0.0200 e. The normalized spacial score (nSPS) is 34.7. The summed E-state index contributed by atoms with van der Waals surface area (Å²) in [5.74, 6) is 2.11. The maximum Gasteiger partial charge on any atom is -0.0200 e. The maximum absolute atomic E-state index is 2.57. The van der Waals surface area contributed by atoms with E-state index in [0.717, 1.165) is 11.8 Å². The highest BCUT2D eigenvalue weighted by Gasteiger charge is 2.34. The van der Waals surface area contributed by atoms with Crippen LogP contribution in [0.25, 0.3) is 0 Å². The SMILES string of the molecule is CCCCCC=C1CC2CCC1C2. The molecule has 0 saturated heterocycles. The average Bonchev–Trinajstić information content (AvgIpc) is 2.73. The molecule has 2 bridgehead atoms. The summed E-state index contributed by atoms with van der Waals surface area (Å²) >= 11 is 0. The van der Waals surface area contributed by atoms with E-state index < -0.39 is 0 Å². The Kier molecular flexibility index (Phi) is 3.08. The van der Waals surface area contributed by atoms with Crippen LogP contribution in [0.15, 0.2) is 11.6 Å². The molecule has 2 atom stereocenters. The third-order valence-corrected chi connectivity index (χ3v) is 3.80. The largest absolute Gasteiger partial charge is 0.0850 e. The zero-order valence-corrected chi connectivity index (χ0v) is 8.89. The third-order valence-electron chi connectivity index (χ3n) is 3.80. The van der Waals surface area contributed by atoms with E-state index in [4.69, 9.17) is 0 Å². The molecule has 0 N–H and O–H groups in total. The lowest BCUT2D eigenvalue weighted by molar-refractivity contribution is 0.558. The fraction of sp³-hybridized carbons (Fsp3) is 0.846. The van der Waals surface area contributed by atoms with Crippen LogP contribution in [0.4, 0.5) is 0 Å². The van der Waals surface area contributed by atoms with E-state index in [0.29, 0.717) is 0 Å². The van der Waals surface area contributed by atoms with Crippen molar-refractivity contribution >= 4 is 0 Å². The molecule has 0 spiro atoms. The lowest BCUT2D eigenvalue weighted by atomic mass is 9.93. The molecule has 2 rings (SSSR count). The van der Waals surface area contributed by atoms with E-state index in [9.17, 15) is 0 Å². The van der Waals surface area contributed by atoms with Crippen molar-refractivity contribution in [2.45, 2.75) is 58.3 Å². The van der Waals surface area contributed by atoms with Crippen LogP contribution in [0.3, 0.4) is 0 Å². The Bertz CT molecular complexity index is 190. The Morgan fingerprint density at radius 2 is 2.23 bits per heavy atom. The zero-order chi connectivity index (χ0) is 9.10. The summed E-state index contributed by atoms with van der Waals surface area (Å²) in [6, 6.07) is 0. The minimum Gasteiger partial charge on any atom is -0.0850 e. The van der Waals surface area contributed by atoms with Crippen LogP contribution in [-0.2, 0) is 0 Å². The van der Waals surface area contributed by atoms with E-state index in [2.05, 4.69) is 13.0 Å². The molecule has 2 saturated carbocycles. The van der Waals surface area contributed by atoms with Crippen LogP contribution in [0.1, 0.15) is 58.3 Å². The lowest BCUT2D eigenvalue weighted by Crippen LogP contribution is -1.97. The molecule has 74 valence electrons. The van der Waals surface area contributed by atoms with Gasteiger partial charge in [0.1, 0.15) is 0 Å². The Morgan fingerprint density at radius 3 is 2.85 bits per heavy atom. The van der Waals surface area contributed by atoms with Crippen LogP contribution >= 0.6 is 0 Å². The molecular formula is C13H22. The van der Waals surface area contributed by atoms with Gasteiger partial charge in [-0.15, -0.1) is 0 Å². The topological polar surface area (TPSA) is 0 Å². The molecule has 0 heteroatoms. The molecule has 2 aliphatic rings. The molecule has 13 heavy (non-hydrogen) atoms. The number of hydrogen-bond acceptors (Lipinski definition) is 0. The van der Waals surface area contributed by atoms with E-state index in [1.165, 1.54) is 51.4 Å². The Labute approximate surface area is 82.4 Å². The number of allylic oxidation sites excluding steroid dienone is 2. The summed E-state index contributed by atoms with van der Waals surface area (Å²) in [6.45, 7) is 2.28. The van der Waals surface area contributed by atoms with Gasteiger partial charge in [-0.2, -0.15) is 0 Å². The van der Waals surface area contributed by atoms with Gasteiger partial charge in [0.2, 0.25) is 0 Å². The first-order chi connectivity index (χ1) is 6.40. The predicted molar refractivity (Wildman–Crippen MR) is 57.7 cm³/mol. The maximum atomic E-state index is 2.57. The molecule has 2 unspecified atom stereocenters. The summed E-state index contributed by atoms with van der Waals surface area (Å²) < 4.78 is 0. The first kappa shape index (κ1) is 9.30. The fourth-order valence-electron chi connectivity index (χ4n) is 3.03. The standard InChI is InChI=1S/C13H22/c1-2-3-4-5-6-12-9-11-7-8-13(12)10-11/h6,11,13H,2-5,7-10H2,1H3. The highest BCUT2D eigenvalue weighted by molar-refractivity contribution is 5.16. The third kappa shape index (κ3) is 2.15. The zero-order valence-electron chi connectivity index (χ0n) is 8.89. The van der Waals surface area contributed by atoms with Crippen molar-refractivity contribution in [1.82, 2.24) is 0 Å². The van der Waals surface area contributed by atoms with Crippen molar-refractivity contribution in [3.05, 3.63) is 11.6 Å². The van der Waals surface area contributed by atoms with E-state index in [1.54, 1.807) is 0 Å². The number of fused-ring (bicyclic) bond motifs is 2. The summed E-state index contributed by atoms with van der Waals surface area (Å²) in [4.78, 5) is 0. The molecule has 2 fully saturated rings. The van der Waals surface area contributed by atoms with Crippen molar-refractivity contribution < 1.29 is 0 Å². The van der Waals surface area contributed by atoms with Crippen LogP contribution in [0.5, 0.6) is 0 Å². The predicted octanol–water partition coefficient (Wildman–Crippen LogP) is 4.31. The van der Waals surface area contributed by atoms with Gasteiger partial charge in [-0.3, -0.25) is 0 Å². The van der Waals surface area contributed by atoms with Gasteiger partial charge in [-0.05, 0) is 50.4 Å². The second kappa shape index (κ2) is 4.30. The van der Waals surface area contributed by atoms with Crippen molar-refractivity contribution in [1.29, 1.82) is 0 Å². The fourth-order valence-corrected chi connectivity index (χ4v) is 3.03. The first-order valence-corrected chi connectivity index (χ1v) is 6.09. The number of hydrogen-bond donors (Lipinski definition) is 0. The molecule has 0 radical (unpaired) electrons. The molecule has 0 aromatic heterocycles. The van der Waals surface area contributed by atoms with Crippen molar-refractivity contribution in [2.24, 2.45) is 11.8 Å². The van der Waals surface area contributed by atoms with Gasteiger partial charge in [0.25, 0.3) is 0 Å². The first-order valence-electron chi connectivity index (χ1n) is 6.09. The summed E-state index contributed by atoms with van der Waals surface area (Å²) in [6.07, 6.45) is 14.1. The number of unbranched alkanes of at least 4 members (excludes halogenated alkanes) is 3. The molecule has 2 aliphatic carbocycles.